The Balaban J connectivity index is 0.00000768. The normalized spacial score (nSPS) is 37.0. The number of ketones is 1. The molecule has 35 nitrogen and oxygen atoms in total. The van der Waals surface area contributed by atoms with Crippen LogP contribution < -0.4 is 177 Å². The standard InChI is InChI=1S/C48H78O35S7.6Na/c1-9-10-11-12-21-72-42(50)45(5)18-17-44(4)19-20-47(7)26(27(44)23-45)22-28(49)39-46(6)15-14-32(43(2,3)31(46)13-16-48(39,47)8)77-40-37(82-89(66,67)68)35(80-87(60,61)62)33(29(75-40)24-73-84(51,52)53)78-41-38(83-90(69,70)71)36(81-88(63,64)65)34(79-86(57,58)59)30(76-41)25-74-85(54,55)56;;;;;;/h22,27,29-41H,9-21,23-25H2,1-8H3,(H,51,52,53)(H,54,55,56)(H,57,58,59)(H,60,61,62)(H,63,64,65)(H,66,67,68)(H,69,70,71);;;;;;/q;6*+1/t27?,29-,30-,31?,32+,33-,34+,35+,36+,37-,38-,39?,40+,41-,44-,45+,46+,47-,48-;;;;;;/m1....../s1. The van der Waals surface area contributed by atoms with Gasteiger partial charge in [-0.15, -0.1) is 0 Å². The van der Waals surface area contributed by atoms with E-state index in [2.05, 4.69) is 48.6 Å². The number of hydrogen-bond donors (Lipinski definition) is 7. The molecule has 48 heteroatoms. The second-order valence-electron chi connectivity index (χ2n) is 26.0. The molecule has 0 radical (unpaired) electrons. The van der Waals surface area contributed by atoms with Crippen molar-refractivity contribution in [3.8, 4) is 0 Å². The number of hydrogen-bond acceptors (Lipinski definition) is 28. The summed E-state index contributed by atoms with van der Waals surface area (Å²) in [5.74, 6) is -1.70. The van der Waals surface area contributed by atoms with E-state index in [0.29, 0.717) is 32.3 Å². The Bertz CT molecular complexity index is 3580. The van der Waals surface area contributed by atoms with Gasteiger partial charge in [-0.05, 0) is 116 Å². The molecular formula is C48H78Na6O35S7+6. The first-order chi connectivity index (χ1) is 40.8. The second-order valence-corrected chi connectivity index (χ2v) is 33.4. The predicted molar refractivity (Wildman–Crippen MR) is 299 cm³/mol. The largest absolute Gasteiger partial charge is 1.00 e. The van der Waals surface area contributed by atoms with Gasteiger partial charge in [0.15, 0.2) is 30.6 Å². The summed E-state index contributed by atoms with van der Waals surface area (Å²) in [6.07, 6.45) is -21.4. The summed E-state index contributed by atoms with van der Waals surface area (Å²) in [5.41, 5.74) is -3.35. The van der Waals surface area contributed by atoms with E-state index >= 15 is 4.79 Å². The van der Waals surface area contributed by atoms with Crippen LogP contribution >= 0.6 is 0 Å². The van der Waals surface area contributed by atoms with Crippen LogP contribution in [-0.4, -0.2) is 190 Å². The van der Waals surface area contributed by atoms with Crippen LogP contribution in [0.3, 0.4) is 0 Å². The second kappa shape index (κ2) is 36.1. The Labute approximate surface area is 693 Å². The van der Waals surface area contributed by atoms with Gasteiger partial charge in [0.05, 0.1) is 31.3 Å². The molecule has 0 bridgehead atoms. The molecule has 7 N–H and O–H groups in total. The maximum Gasteiger partial charge on any atom is 1.00 e. The molecule has 0 aromatic carbocycles. The first-order valence-corrected chi connectivity index (χ1v) is 37.9. The van der Waals surface area contributed by atoms with Crippen molar-refractivity contribution in [2.24, 2.45) is 50.2 Å². The minimum atomic E-state index is -6.19. The average Bonchev–Trinajstić information content (AvgIpc) is 0.674. The third-order valence-electron chi connectivity index (χ3n) is 19.9. The quantitative estimate of drug-likeness (QED) is 0.0139. The Morgan fingerprint density at radius 1 is 0.521 bits per heavy atom. The van der Waals surface area contributed by atoms with Crippen molar-refractivity contribution in [2.45, 2.75) is 206 Å². The van der Waals surface area contributed by atoms with Gasteiger partial charge in [-0.2, -0.15) is 58.9 Å². The number of carbonyl (C=O) groups is 2. The van der Waals surface area contributed by atoms with E-state index in [4.69, 9.17) is 32.1 Å². The Kier molecular flexibility index (Phi) is 36.8. The summed E-state index contributed by atoms with van der Waals surface area (Å²) in [6.45, 7) is 12.6. The molecule has 522 valence electrons. The zero-order valence-corrected chi connectivity index (χ0v) is 73.6. The molecule has 5 aliphatic carbocycles. The topological polar surface area (TPSA) is 525 Å². The Hall–Kier alpha value is 3.81. The van der Waals surface area contributed by atoms with Crippen LogP contribution in [0.4, 0.5) is 0 Å². The van der Waals surface area contributed by atoms with Crippen LogP contribution in [0.5, 0.6) is 0 Å². The zero-order chi connectivity index (χ0) is 67.8. The molecule has 3 unspecified atom stereocenters. The minimum Gasteiger partial charge on any atom is -0.465 e. The number of ether oxygens (including phenoxy) is 5. The molecule has 2 heterocycles. The smallest absolute Gasteiger partial charge is 0.465 e. The predicted octanol–water partition coefficient (Wildman–Crippen LogP) is -15.1. The number of fused-ring (bicyclic) bond motifs is 7. The number of esters is 1. The summed E-state index contributed by atoms with van der Waals surface area (Å²) < 4.78 is 302. The minimum absolute atomic E-state index is 0. The maximum atomic E-state index is 15.3. The molecule has 4 saturated carbocycles. The van der Waals surface area contributed by atoms with Crippen LogP contribution in [0.1, 0.15) is 139 Å². The summed E-state index contributed by atoms with van der Waals surface area (Å²) >= 11 is 0. The maximum absolute atomic E-state index is 15.3. The molecule has 0 aromatic heterocycles. The molecule has 0 aromatic rings. The van der Waals surface area contributed by atoms with Gasteiger partial charge in [-0.3, -0.25) is 41.5 Å². The number of rotatable bonds is 26. The molecule has 7 rings (SSSR count). The van der Waals surface area contributed by atoms with Gasteiger partial charge in [0.2, 0.25) is 0 Å². The van der Waals surface area contributed by atoms with Crippen molar-refractivity contribution in [3.63, 3.8) is 0 Å². The number of carbonyl (C=O) groups excluding carboxylic acids is 2. The van der Waals surface area contributed by atoms with Crippen molar-refractivity contribution in [1.29, 1.82) is 0 Å². The number of unbranched alkanes of at least 4 members (excludes halogenated alkanes) is 3. The first-order valence-electron chi connectivity index (χ1n) is 28.3. The van der Waals surface area contributed by atoms with Gasteiger partial charge < -0.3 is 23.7 Å². The summed E-state index contributed by atoms with van der Waals surface area (Å²) in [7, 11) is -42.0. The van der Waals surface area contributed by atoms with Crippen molar-refractivity contribution in [2.75, 3.05) is 19.8 Å². The molecule has 19 atom stereocenters. The summed E-state index contributed by atoms with van der Waals surface area (Å²) in [4.78, 5) is 29.2. The third kappa shape index (κ3) is 23.9. The van der Waals surface area contributed by atoms with Gasteiger partial charge in [0.1, 0.15) is 36.6 Å². The van der Waals surface area contributed by atoms with E-state index in [1.807, 2.05) is 13.8 Å². The molecule has 0 amide bonds. The molecule has 7 aliphatic rings. The van der Waals surface area contributed by atoms with Gasteiger partial charge >= 0.3 is 256 Å². The molecule has 6 fully saturated rings. The fourth-order valence-corrected chi connectivity index (χ4v) is 18.8. The Morgan fingerprint density at radius 2 is 0.958 bits per heavy atom. The molecule has 0 spiro atoms. The van der Waals surface area contributed by atoms with Crippen LogP contribution in [0.15, 0.2) is 11.6 Å². The van der Waals surface area contributed by atoms with Crippen LogP contribution in [-0.2, 0) is 135 Å². The van der Waals surface area contributed by atoms with Gasteiger partial charge in [0, 0.05) is 5.92 Å². The van der Waals surface area contributed by atoms with Crippen LogP contribution in [0.25, 0.3) is 0 Å². The van der Waals surface area contributed by atoms with E-state index in [0.717, 1.165) is 50.5 Å². The molecular weight excluding hydrogens is 1500 g/mol. The first kappa shape index (κ1) is 97.8. The van der Waals surface area contributed by atoms with E-state index in [-0.39, 0.29) is 213 Å². The fraction of sp³-hybridized carbons (Fsp3) is 0.917. The monoisotopic (exact) mass is 1580 g/mol. The summed E-state index contributed by atoms with van der Waals surface area (Å²) in [5, 5.41) is 0. The van der Waals surface area contributed by atoms with Crippen molar-refractivity contribution >= 4 is 84.5 Å². The average molecular weight is 1580 g/mol. The summed E-state index contributed by atoms with van der Waals surface area (Å²) in [6, 6.07) is 0. The molecule has 2 saturated heterocycles. The van der Waals surface area contributed by atoms with Gasteiger partial charge in [-0.25, -0.2) is 29.3 Å². The Morgan fingerprint density at radius 3 is 1.43 bits per heavy atom. The van der Waals surface area contributed by atoms with E-state index < -0.39 is 192 Å². The number of allylic oxidation sites excluding steroid dienone is 2. The fourth-order valence-electron chi connectivity index (χ4n) is 15.7. The molecule has 2 aliphatic heterocycles. The van der Waals surface area contributed by atoms with Crippen molar-refractivity contribution in [1.82, 2.24) is 0 Å². The molecule has 96 heavy (non-hydrogen) atoms. The SMILES string of the molecule is CCCCCCOC(=O)[C@@]1(C)CC[C@]2(C)CC[C@]3(C)C(=CC(=O)C4[C@@]5(C)CC[C@H](O[C@@H]6O[C@H](COS(=O)(=O)O)[C@@H](O[C@H]7O[C@H](COS(=O)(=O)O)[C@H](OS(=O)(=O)O)[C@H](OS(=O)(=O)O)[C@H]7OS(=O)(=O)O)[C@H](OS(=O)(=O)O)[C@H]6OS(=O)(=O)O)C(C)(C)C5CC[C@]43C)C2C1.[Na+].[Na+].[Na+].[Na+].[Na+].[Na+]. The van der Waals surface area contributed by atoms with Gasteiger partial charge in [-0.1, -0.05) is 73.3 Å². The van der Waals surface area contributed by atoms with E-state index in [9.17, 15) is 95.6 Å². The third-order valence-corrected chi connectivity index (χ3v) is 23.1. The van der Waals surface area contributed by atoms with Gasteiger partial charge in [0.25, 0.3) is 0 Å². The van der Waals surface area contributed by atoms with Crippen LogP contribution in [0.2, 0.25) is 0 Å². The van der Waals surface area contributed by atoms with Crippen molar-refractivity contribution < 1.29 is 331 Å². The van der Waals surface area contributed by atoms with E-state index in [1.54, 1.807) is 19.9 Å². The van der Waals surface area contributed by atoms with E-state index in [1.165, 1.54) is 0 Å². The van der Waals surface area contributed by atoms with Crippen LogP contribution in [0, 0.1) is 50.2 Å². The van der Waals surface area contributed by atoms with Crippen molar-refractivity contribution in [3.05, 3.63) is 11.6 Å². The zero-order valence-electron chi connectivity index (χ0n) is 55.9.